The zero-order chi connectivity index (χ0) is 19.7. The number of aromatic nitrogens is 4. The van der Waals surface area contributed by atoms with Gasteiger partial charge >= 0.3 is 6.03 Å². The molecule has 0 aliphatic heterocycles. The normalized spacial score (nSPS) is 14.7. The molecule has 2 amide bonds. The first-order valence-electron chi connectivity index (χ1n) is 9.14. The topological polar surface area (TPSA) is 99.9 Å². The van der Waals surface area contributed by atoms with Crippen LogP contribution in [-0.4, -0.2) is 38.3 Å². The van der Waals surface area contributed by atoms with Gasteiger partial charge in [-0.1, -0.05) is 5.16 Å². The molecule has 2 N–H and O–H groups in total. The third-order valence-electron chi connectivity index (χ3n) is 4.72. The van der Waals surface area contributed by atoms with Crippen molar-refractivity contribution in [1.29, 1.82) is 0 Å². The Hall–Kier alpha value is -3.23. The lowest BCUT2D eigenvalue weighted by Gasteiger charge is -2.20. The Balaban J connectivity index is 1.39. The summed E-state index contributed by atoms with van der Waals surface area (Å²) in [5.41, 5.74) is 2.37. The van der Waals surface area contributed by atoms with Gasteiger partial charge in [0.25, 0.3) is 0 Å². The lowest BCUT2D eigenvalue weighted by atomic mass is 10.1. The van der Waals surface area contributed by atoms with Gasteiger partial charge in [-0.3, -0.25) is 5.10 Å². The van der Waals surface area contributed by atoms with Gasteiger partial charge in [-0.25, -0.2) is 9.18 Å². The summed E-state index contributed by atoms with van der Waals surface area (Å²) < 4.78 is 18.4. The number of H-pyrrole nitrogens is 1. The number of benzene rings is 1. The van der Waals surface area contributed by atoms with Crippen LogP contribution in [-0.2, 0) is 6.54 Å². The van der Waals surface area contributed by atoms with E-state index in [1.165, 1.54) is 17.0 Å². The van der Waals surface area contributed by atoms with Crippen molar-refractivity contribution in [3.63, 3.8) is 0 Å². The Kier molecular flexibility index (Phi) is 4.81. The fourth-order valence-electron chi connectivity index (χ4n) is 2.91. The van der Waals surface area contributed by atoms with E-state index < -0.39 is 6.04 Å². The molecule has 0 bridgehead atoms. The van der Waals surface area contributed by atoms with E-state index >= 15 is 0 Å². The highest BCUT2D eigenvalue weighted by Crippen LogP contribution is 2.38. The Bertz CT molecular complexity index is 963. The molecule has 0 radical (unpaired) electrons. The molecule has 1 saturated carbocycles. The molecular weight excluding hydrogens is 363 g/mol. The highest BCUT2D eigenvalue weighted by atomic mass is 19.1. The minimum atomic E-state index is -0.393. The average Bonchev–Trinajstić information content (AvgIpc) is 3.23. The summed E-state index contributed by atoms with van der Waals surface area (Å²) in [6, 6.07) is 5.44. The molecule has 2 heterocycles. The van der Waals surface area contributed by atoms with E-state index in [-0.39, 0.29) is 11.8 Å². The van der Waals surface area contributed by atoms with Gasteiger partial charge in [0.2, 0.25) is 5.89 Å². The van der Waals surface area contributed by atoms with E-state index in [1.54, 1.807) is 32.3 Å². The fourth-order valence-corrected chi connectivity index (χ4v) is 2.91. The van der Waals surface area contributed by atoms with Gasteiger partial charge in [-0.05, 0) is 44.0 Å². The molecule has 4 rings (SSSR count). The Morgan fingerprint density at radius 1 is 1.39 bits per heavy atom. The van der Waals surface area contributed by atoms with Gasteiger partial charge < -0.3 is 14.7 Å². The molecular formula is C19H21FN6O2. The molecule has 1 aliphatic carbocycles. The van der Waals surface area contributed by atoms with Crippen molar-refractivity contribution >= 4 is 6.03 Å². The van der Waals surface area contributed by atoms with Gasteiger partial charge in [0.1, 0.15) is 11.9 Å². The van der Waals surface area contributed by atoms with E-state index in [1.807, 2.05) is 0 Å². The molecule has 1 unspecified atom stereocenters. The standard InChI is InChI=1S/C19H21FN6O2/c1-11(18-23-17(25-28-18)13-3-4-13)22-19(27)26(2)10-14-9-21-24-16(14)12-5-7-15(20)8-6-12/h5-9,11,13H,3-4,10H2,1-2H3,(H,21,24)(H,22,27). The molecule has 3 aromatic rings. The Morgan fingerprint density at radius 3 is 2.86 bits per heavy atom. The maximum atomic E-state index is 13.2. The van der Waals surface area contributed by atoms with Crippen molar-refractivity contribution in [3.05, 3.63) is 53.6 Å². The summed E-state index contributed by atoms with van der Waals surface area (Å²) >= 11 is 0. The molecule has 1 atom stereocenters. The van der Waals surface area contributed by atoms with Gasteiger partial charge in [0.05, 0.1) is 18.4 Å². The summed E-state index contributed by atoms with van der Waals surface area (Å²) in [5, 5.41) is 13.8. The number of urea groups is 1. The number of halogens is 1. The molecule has 1 aliphatic rings. The van der Waals surface area contributed by atoms with Crippen molar-refractivity contribution < 1.29 is 13.7 Å². The second-order valence-corrected chi connectivity index (χ2v) is 7.07. The zero-order valence-corrected chi connectivity index (χ0v) is 15.6. The second kappa shape index (κ2) is 7.41. The van der Waals surface area contributed by atoms with Crippen molar-refractivity contribution in [2.75, 3.05) is 7.05 Å². The predicted molar refractivity (Wildman–Crippen MR) is 98.7 cm³/mol. The Morgan fingerprint density at radius 2 is 2.14 bits per heavy atom. The maximum Gasteiger partial charge on any atom is 0.318 e. The molecule has 1 aromatic carbocycles. The molecule has 8 nitrogen and oxygen atoms in total. The van der Waals surface area contributed by atoms with Gasteiger partial charge in [0, 0.05) is 24.1 Å². The summed E-state index contributed by atoms with van der Waals surface area (Å²) in [4.78, 5) is 18.4. The molecule has 28 heavy (non-hydrogen) atoms. The van der Waals surface area contributed by atoms with E-state index in [0.717, 1.165) is 29.7 Å². The van der Waals surface area contributed by atoms with Crippen molar-refractivity contribution in [3.8, 4) is 11.3 Å². The van der Waals surface area contributed by atoms with Crippen LogP contribution >= 0.6 is 0 Å². The average molecular weight is 384 g/mol. The number of hydrogen-bond donors (Lipinski definition) is 2. The quantitative estimate of drug-likeness (QED) is 0.679. The third kappa shape index (κ3) is 3.88. The third-order valence-corrected chi connectivity index (χ3v) is 4.72. The molecule has 0 spiro atoms. The van der Waals surface area contributed by atoms with Crippen LogP contribution in [0.5, 0.6) is 0 Å². The molecule has 0 saturated heterocycles. The molecule has 9 heteroatoms. The van der Waals surface area contributed by atoms with Crippen molar-refractivity contribution in [2.24, 2.45) is 0 Å². The van der Waals surface area contributed by atoms with Crippen LogP contribution in [0.4, 0.5) is 9.18 Å². The van der Waals surface area contributed by atoms with E-state index in [9.17, 15) is 9.18 Å². The molecule has 146 valence electrons. The van der Waals surface area contributed by atoms with Crippen molar-refractivity contribution in [1.82, 2.24) is 30.6 Å². The van der Waals surface area contributed by atoms with E-state index in [4.69, 9.17) is 4.52 Å². The van der Waals surface area contributed by atoms with Gasteiger partial charge in [-0.2, -0.15) is 10.1 Å². The van der Waals surface area contributed by atoms with E-state index in [0.29, 0.717) is 24.2 Å². The summed E-state index contributed by atoms with van der Waals surface area (Å²) in [6.07, 6.45) is 3.83. The highest BCUT2D eigenvalue weighted by Gasteiger charge is 2.30. The minimum Gasteiger partial charge on any atom is -0.337 e. The summed E-state index contributed by atoms with van der Waals surface area (Å²) in [6.45, 7) is 2.14. The van der Waals surface area contributed by atoms with Crippen LogP contribution in [0, 0.1) is 5.82 Å². The monoisotopic (exact) mass is 384 g/mol. The molecule has 1 fully saturated rings. The van der Waals surface area contributed by atoms with Gasteiger partial charge in [0.15, 0.2) is 5.82 Å². The van der Waals surface area contributed by atoms with Crippen LogP contribution in [0.1, 0.15) is 49.0 Å². The maximum absolute atomic E-state index is 13.2. The van der Waals surface area contributed by atoms with Crippen LogP contribution < -0.4 is 5.32 Å². The summed E-state index contributed by atoms with van der Waals surface area (Å²) in [5.74, 6) is 1.21. The number of carbonyl (C=O) groups is 1. The van der Waals surface area contributed by atoms with Crippen LogP contribution in [0.2, 0.25) is 0 Å². The number of nitrogens with one attached hydrogen (secondary N) is 2. The first-order chi connectivity index (χ1) is 13.5. The lowest BCUT2D eigenvalue weighted by molar-refractivity contribution is 0.200. The first kappa shape index (κ1) is 18.1. The number of nitrogens with zero attached hydrogens (tertiary/aromatic N) is 4. The number of carbonyl (C=O) groups excluding carboxylic acids is 1. The van der Waals surface area contributed by atoms with Gasteiger partial charge in [-0.15, -0.1) is 0 Å². The highest BCUT2D eigenvalue weighted by molar-refractivity contribution is 5.74. The van der Waals surface area contributed by atoms with Crippen LogP contribution in [0.3, 0.4) is 0 Å². The fraction of sp³-hybridized carbons (Fsp3) is 0.368. The second-order valence-electron chi connectivity index (χ2n) is 7.07. The van der Waals surface area contributed by atoms with Crippen molar-refractivity contribution in [2.45, 2.75) is 38.3 Å². The number of aromatic amines is 1. The zero-order valence-electron chi connectivity index (χ0n) is 15.6. The first-order valence-corrected chi connectivity index (χ1v) is 9.14. The number of hydrogen-bond acceptors (Lipinski definition) is 5. The largest absolute Gasteiger partial charge is 0.337 e. The number of rotatable bonds is 6. The lowest BCUT2D eigenvalue weighted by Crippen LogP contribution is -2.38. The smallest absolute Gasteiger partial charge is 0.318 e. The number of amides is 2. The SMILES string of the molecule is CC(NC(=O)N(C)Cc1cn[nH]c1-c1ccc(F)cc1)c1nc(C2CC2)no1. The van der Waals surface area contributed by atoms with E-state index in [2.05, 4.69) is 25.7 Å². The van der Waals surface area contributed by atoms with Crippen LogP contribution in [0.25, 0.3) is 11.3 Å². The molecule has 2 aromatic heterocycles. The predicted octanol–water partition coefficient (Wildman–Crippen LogP) is 3.38. The minimum absolute atomic E-state index is 0.273. The van der Waals surface area contributed by atoms with Crippen LogP contribution in [0.15, 0.2) is 35.0 Å². The summed E-state index contributed by atoms with van der Waals surface area (Å²) in [7, 11) is 1.69. The Labute approximate surface area is 161 Å².